The van der Waals surface area contributed by atoms with Gasteiger partial charge in [-0.2, -0.15) is 11.8 Å². The molecule has 17 heteroatoms. The molecule has 0 fully saturated rings. The normalized spacial score (nSPS) is 20.8. The summed E-state index contributed by atoms with van der Waals surface area (Å²) in [5.41, 5.74) is 0. The number of aliphatic hydroxyl groups excluding tert-OH is 13. The van der Waals surface area contributed by atoms with Crippen LogP contribution in [-0.4, -0.2) is 178 Å². The van der Waals surface area contributed by atoms with Gasteiger partial charge in [0.2, 0.25) is 0 Å². The summed E-state index contributed by atoms with van der Waals surface area (Å²) in [6.45, 7) is 0.355. The second kappa shape index (κ2) is 24.9. The Morgan fingerprint density at radius 2 is 0.953 bits per heavy atom. The predicted molar refractivity (Wildman–Crippen MR) is 152 cm³/mol. The van der Waals surface area contributed by atoms with E-state index < -0.39 is 106 Å². The topological polar surface area (TPSA) is 291 Å². The van der Waals surface area contributed by atoms with Crippen molar-refractivity contribution in [2.75, 3.05) is 37.9 Å². The summed E-state index contributed by atoms with van der Waals surface area (Å²) in [5, 5.41) is 130. The molecule has 0 spiro atoms. The summed E-state index contributed by atoms with van der Waals surface area (Å²) in [7, 11) is 0. The Morgan fingerprint density at radius 3 is 1.42 bits per heavy atom. The molecule has 0 bridgehead atoms. The van der Waals surface area contributed by atoms with Crippen LogP contribution >= 0.6 is 11.8 Å². The van der Waals surface area contributed by atoms with Gasteiger partial charge in [0.05, 0.1) is 18.3 Å². The van der Waals surface area contributed by atoms with E-state index in [2.05, 4.69) is 6.92 Å². The maximum Gasteiger partial charge on any atom is 0.183 e. The van der Waals surface area contributed by atoms with Gasteiger partial charge < -0.3 is 80.6 Å². The quantitative estimate of drug-likeness (QED) is 0.0280. The average molecular weight is 655 g/mol. The van der Waals surface area contributed by atoms with E-state index in [1.54, 1.807) is 0 Å². The largest absolute Gasteiger partial charge is 0.396 e. The van der Waals surface area contributed by atoms with Crippen molar-refractivity contribution in [1.29, 1.82) is 0 Å². The van der Waals surface area contributed by atoms with Crippen LogP contribution in [0.25, 0.3) is 0 Å². The lowest BCUT2D eigenvalue weighted by Gasteiger charge is -2.35. The highest BCUT2D eigenvalue weighted by Gasteiger charge is 2.40. The predicted octanol–water partition coefficient (Wildman–Crippen LogP) is -4.28. The SMILES string of the molecule is CCSCCCCCCO[C@H](O)[C@H](O)C(O)[C@@H](CCO)O[C@H](O)[C@H](O)C(O)[C@@H](CCO)O[C@H](O)[C@H](O)C(O)[C@H](O)CCO. The van der Waals surface area contributed by atoms with E-state index in [4.69, 9.17) is 19.3 Å². The van der Waals surface area contributed by atoms with Gasteiger partial charge in [-0.25, -0.2) is 0 Å². The van der Waals surface area contributed by atoms with Crippen molar-refractivity contribution in [2.45, 2.75) is 126 Å². The van der Waals surface area contributed by atoms with E-state index in [0.29, 0.717) is 6.42 Å². The van der Waals surface area contributed by atoms with Crippen LogP contribution in [0.5, 0.6) is 0 Å². The first-order valence-corrected chi connectivity index (χ1v) is 15.7. The number of hydrogen-bond donors (Lipinski definition) is 13. The molecule has 0 aliphatic rings. The van der Waals surface area contributed by atoms with Gasteiger partial charge in [0.1, 0.15) is 36.6 Å². The van der Waals surface area contributed by atoms with Gasteiger partial charge in [0.15, 0.2) is 18.9 Å². The number of thioether (sulfide) groups is 1. The van der Waals surface area contributed by atoms with Crippen molar-refractivity contribution < 1.29 is 80.6 Å². The smallest absolute Gasteiger partial charge is 0.183 e. The van der Waals surface area contributed by atoms with Crippen molar-refractivity contribution in [3.63, 3.8) is 0 Å². The van der Waals surface area contributed by atoms with Crippen LogP contribution in [0.1, 0.15) is 51.9 Å². The fourth-order valence-corrected chi connectivity index (χ4v) is 4.69. The molecule has 0 radical (unpaired) electrons. The molecule has 0 aromatic rings. The molecular formula is C26H54O16S. The average Bonchev–Trinajstić information content (AvgIpc) is 2.99. The molecule has 0 amide bonds. The monoisotopic (exact) mass is 654 g/mol. The van der Waals surface area contributed by atoms with Crippen LogP contribution in [0, 0.1) is 0 Å². The minimum absolute atomic E-state index is 0.0924. The van der Waals surface area contributed by atoms with E-state index in [9.17, 15) is 61.3 Å². The fourth-order valence-electron chi connectivity index (χ4n) is 4.00. The summed E-state index contributed by atoms with van der Waals surface area (Å²) >= 11 is 1.84. The third-order valence-electron chi connectivity index (χ3n) is 6.64. The Labute approximate surface area is 256 Å². The fraction of sp³-hybridized carbons (Fsp3) is 1.00. The minimum atomic E-state index is -2.30. The number of ether oxygens (including phenoxy) is 3. The molecule has 0 rings (SSSR count). The minimum Gasteiger partial charge on any atom is -0.396 e. The van der Waals surface area contributed by atoms with Crippen LogP contribution in [0.4, 0.5) is 0 Å². The van der Waals surface area contributed by atoms with Crippen molar-refractivity contribution >= 4 is 11.8 Å². The molecule has 0 heterocycles. The van der Waals surface area contributed by atoms with E-state index in [1.165, 1.54) is 0 Å². The lowest BCUT2D eigenvalue weighted by molar-refractivity contribution is -0.274. The summed E-state index contributed by atoms with van der Waals surface area (Å²) in [6.07, 6.45) is -21.4. The molecule has 3 unspecified atom stereocenters. The van der Waals surface area contributed by atoms with Gasteiger partial charge in [-0.3, -0.25) is 0 Å². The van der Waals surface area contributed by atoms with Crippen molar-refractivity contribution in [1.82, 2.24) is 0 Å². The highest BCUT2D eigenvalue weighted by atomic mass is 32.2. The molecule has 0 aromatic carbocycles. The van der Waals surface area contributed by atoms with Crippen LogP contribution in [0.2, 0.25) is 0 Å². The Balaban J connectivity index is 5.11. The Hall–Kier alpha value is -0.290. The van der Waals surface area contributed by atoms with Crippen LogP contribution in [-0.2, 0) is 14.2 Å². The van der Waals surface area contributed by atoms with Gasteiger partial charge in [0.25, 0.3) is 0 Å². The highest BCUT2D eigenvalue weighted by molar-refractivity contribution is 7.99. The number of unbranched alkanes of at least 4 members (excludes halogenated alkanes) is 3. The molecule has 0 saturated carbocycles. The van der Waals surface area contributed by atoms with E-state index in [-0.39, 0.29) is 13.0 Å². The van der Waals surface area contributed by atoms with Gasteiger partial charge in [-0.05, 0) is 43.6 Å². The summed E-state index contributed by atoms with van der Waals surface area (Å²) in [5.74, 6) is 2.10. The van der Waals surface area contributed by atoms with Crippen molar-refractivity contribution in [2.24, 2.45) is 0 Å². The first-order chi connectivity index (χ1) is 20.4. The molecule has 0 aliphatic heterocycles. The maximum absolute atomic E-state index is 10.5. The van der Waals surface area contributed by atoms with Crippen molar-refractivity contribution in [3.8, 4) is 0 Å². The van der Waals surface area contributed by atoms with E-state index in [1.807, 2.05) is 11.8 Å². The maximum atomic E-state index is 10.5. The van der Waals surface area contributed by atoms with Gasteiger partial charge in [0, 0.05) is 26.4 Å². The first kappa shape index (κ1) is 42.7. The third-order valence-corrected chi connectivity index (χ3v) is 7.62. The lowest BCUT2D eigenvalue weighted by Crippen LogP contribution is -2.53. The van der Waals surface area contributed by atoms with Crippen LogP contribution in [0.3, 0.4) is 0 Å². The Bertz CT molecular complexity index is 654. The van der Waals surface area contributed by atoms with Crippen molar-refractivity contribution in [3.05, 3.63) is 0 Å². The zero-order chi connectivity index (χ0) is 32.9. The molecule has 0 saturated heterocycles. The molecule has 13 N–H and O–H groups in total. The molecule has 16 nitrogen and oxygen atoms in total. The zero-order valence-corrected chi connectivity index (χ0v) is 25.4. The van der Waals surface area contributed by atoms with Gasteiger partial charge >= 0.3 is 0 Å². The number of hydrogen-bond acceptors (Lipinski definition) is 17. The first-order valence-electron chi connectivity index (χ1n) is 14.5. The van der Waals surface area contributed by atoms with Gasteiger partial charge in [-0.1, -0.05) is 19.8 Å². The standard InChI is InChI=1S/C26H54O16S/c1-2-43-14-6-4-3-5-13-40-24(37)22(35)19(32)16(8-11-28)42-26(39)23(36)20(33)17(9-12-29)41-25(38)21(34)18(31)15(30)7-10-27/h15-39H,2-14H2,1H3/t15-,16-,17-,18?,19?,20?,21-,22-,23-,24+,25+,26+/m1/s1. The van der Waals surface area contributed by atoms with Crippen LogP contribution < -0.4 is 0 Å². The van der Waals surface area contributed by atoms with E-state index in [0.717, 1.165) is 30.8 Å². The summed E-state index contributed by atoms with van der Waals surface area (Å²) in [6, 6.07) is 0. The number of aliphatic hydroxyl groups is 13. The third kappa shape index (κ3) is 16.7. The molecule has 0 aromatic heterocycles. The lowest BCUT2D eigenvalue weighted by atomic mass is 10.0. The van der Waals surface area contributed by atoms with Crippen LogP contribution in [0.15, 0.2) is 0 Å². The molecule has 260 valence electrons. The Kier molecular flexibility index (Phi) is 24.7. The molecule has 43 heavy (non-hydrogen) atoms. The Morgan fingerprint density at radius 1 is 0.512 bits per heavy atom. The van der Waals surface area contributed by atoms with E-state index >= 15 is 0 Å². The second-order valence-electron chi connectivity index (χ2n) is 10.1. The molecular weight excluding hydrogens is 600 g/mol. The molecule has 12 atom stereocenters. The van der Waals surface area contributed by atoms with Gasteiger partial charge in [-0.15, -0.1) is 0 Å². The molecule has 0 aliphatic carbocycles. The highest BCUT2D eigenvalue weighted by Crippen LogP contribution is 2.20. The second-order valence-corrected chi connectivity index (χ2v) is 11.4. The summed E-state index contributed by atoms with van der Waals surface area (Å²) < 4.78 is 15.4. The number of rotatable bonds is 28. The zero-order valence-electron chi connectivity index (χ0n) is 24.6. The summed E-state index contributed by atoms with van der Waals surface area (Å²) in [4.78, 5) is 0.